The highest BCUT2D eigenvalue weighted by Crippen LogP contribution is 2.17. The Morgan fingerprint density at radius 1 is 1.30 bits per heavy atom. The first kappa shape index (κ1) is 10.6. The lowest BCUT2D eigenvalue weighted by atomic mass is 10.7. The fraction of sp³-hybridized carbons (Fsp3) is 1.00. The molecule has 60 valence electrons. The molecule has 0 N–H and O–H groups in total. The van der Waals surface area contributed by atoms with Crippen molar-refractivity contribution >= 4 is 32.1 Å². The molecule has 0 bridgehead atoms. The van der Waals surface area contributed by atoms with E-state index in [0.717, 1.165) is 0 Å². The summed E-state index contributed by atoms with van der Waals surface area (Å²) in [6.45, 7) is 1.36. The van der Waals surface area contributed by atoms with Gasteiger partial charge in [0.05, 0.1) is 0 Å². The molecule has 0 rings (SSSR count). The summed E-state index contributed by atoms with van der Waals surface area (Å²) in [5.41, 5.74) is 0. The average Bonchev–Trinajstić information content (AvgIpc) is 1.90. The van der Waals surface area contributed by atoms with Gasteiger partial charge in [-0.1, -0.05) is 0 Å². The van der Waals surface area contributed by atoms with Gasteiger partial charge < -0.3 is 0 Å². The maximum Gasteiger partial charge on any atom is 0.124 e. The van der Waals surface area contributed by atoms with E-state index in [9.17, 15) is 4.91 Å². The van der Waals surface area contributed by atoms with Crippen molar-refractivity contribution in [3.8, 4) is 0 Å². The third kappa shape index (κ3) is 5.36. The Bertz CT molecular complexity index is 89.3. The number of hydrogen-bond acceptors (Lipinski definition) is 3. The molecule has 0 spiro atoms. The van der Waals surface area contributed by atoms with Gasteiger partial charge in [-0.2, -0.15) is 0 Å². The summed E-state index contributed by atoms with van der Waals surface area (Å²) < 4.78 is 1.83. The predicted octanol–water partition coefficient (Wildman–Crippen LogP) is 2.04. The molecular formula is C4H9Cl2N2OP. The van der Waals surface area contributed by atoms with Crippen molar-refractivity contribution < 1.29 is 0 Å². The summed E-state index contributed by atoms with van der Waals surface area (Å²) in [4.78, 5) is 12.6. The Labute approximate surface area is 71.9 Å². The van der Waals surface area contributed by atoms with Crippen LogP contribution >= 0.6 is 32.1 Å². The minimum absolute atomic E-state index is 0.0465. The summed E-state index contributed by atoms with van der Waals surface area (Å²) >= 11 is 10.9. The van der Waals surface area contributed by atoms with Crippen LogP contribution in [-0.2, 0) is 0 Å². The van der Waals surface area contributed by atoms with Gasteiger partial charge in [0.25, 0.3) is 0 Å². The van der Waals surface area contributed by atoms with Gasteiger partial charge in [0.1, 0.15) is 8.88 Å². The normalized spacial score (nSPS) is 11.5. The molecule has 0 aromatic carbocycles. The van der Waals surface area contributed by atoms with E-state index >= 15 is 0 Å². The van der Waals surface area contributed by atoms with E-state index < -0.39 is 0 Å². The fourth-order valence-corrected chi connectivity index (χ4v) is 1.70. The minimum atomic E-state index is -0.0465. The Morgan fingerprint density at radius 3 is 2.10 bits per heavy atom. The molecule has 0 heterocycles. The number of halogens is 2. The monoisotopic (exact) mass is 202 g/mol. The smallest absolute Gasteiger partial charge is 0.124 e. The summed E-state index contributed by atoms with van der Waals surface area (Å²) in [5.74, 6) is 1.03. The van der Waals surface area contributed by atoms with Crippen molar-refractivity contribution in [2.24, 2.45) is 4.95 Å². The lowest BCUT2D eigenvalue weighted by Gasteiger charge is -2.13. The van der Waals surface area contributed by atoms with Crippen molar-refractivity contribution in [3.05, 3.63) is 4.91 Å². The van der Waals surface area contributed by atoms with Crippen molar-refractivity contribution in [1.82, 2.24) is 4.67 Å². The second-order valence-corrected chi connectivity index (χ2v) is 3.33. The molecule has 0 radical (unpaired) electrons. The SMILES string of the molecule is O=NPN(CCCl)CCCl. The van der Waals surface area contributed by atoms with E-state index in [1.807, 2.05) is 4.67 Å². The van der Waals surface area contributed by atoms with E-state index in [4.69, 9.17) is 23.2 Å². The van der Waals surface area contributed by atoms with Crippen LogP contribution in [0.25, 0.3) is 0 Å². The summed E-state index contributed by atoms with van der Waals surface area (Å²) in [5, 5.41) is 0. The second kappa shape index (κ2) is 7.67. The zero-order valence-corrected chi connectivity index (χ0v) is 7.90. The largest absolute Gasteiger partial charge is 0.261 e. The van der Waals surface area contributed by atoms with Crippen LogP contribution in [0.15, 0.2) is 4.95 Å². The van der Waals surface area contributed by atoms with Gasteiger partial charge in [0, 0.05) is 24.8 Å². The minimum Gasteiger partial charge on any atom is -0.261 e. The fourth-order valence-electron chi connectivity index (χ4n) is 0.474. The third-order valence-electron chi connectivity index (χ3n) is 0.891. The van der Waals surface area contributed by atoms with Crippen molar-refractivity contribution in [2.75, 3.05) is 24.8 Å². The molecule has 0 saturated carbocycles. The summed E-state index contributed by atoms with van der Waals surface area (Å²) in [6, 6.07) is 0. The maximum atomic E-state index is 9.80. The Hall–Kier alpha value is 0.570. The lowest BCUT2D eigenvalue weighted by Crippen LogP contribution is -2.18. The third-order valence-corrected chi connectivity index (χ3v) is 2.04. The quantitative estimate of drug-likeness (QED) is 0.376. The molecule has 1 atom stereocenters. The predicted molar refractivity (Wildman–Crippen MR) is 47.1 cm³/mol. The van der Waals surface area contributed by atoms with Gasteiger partial charge in [-0.15, -0.1) is 28.1 Å². The maximum absolute atomic E-state index is 9.80. The van der Waals surface area contributed by atoms with Gasteiger partial charge in [-0.05, 0) is 4.95 Å². The number of nitroso groups, excluding NO2 is 1. The molecule has 0 aliphatic carbocycles. The Kier molecular flexibility index (Phi) is 8.11. The molecule has 0 amide bonds. The first-order valence-corrected chi connectivity index (χ1v) is 4.76. The molecule has 1 unspecified atom stereocenters. The highest BCUT2D eigenvalue weighted by Gasteiger charge is 2.01. The number of nitrogens with zero attached hydrogens (tertiary/aromatic N) is 2. The molecule has 6 heteroatoms. The Morgan fingerprint density at radius 2 is 1.80 bits per heavy atom. The number of alkyl halides is 2. The molecule has 0 aliphatic rings. The van der Waals surface area contributed by atoms with Crippen LogP contribution in [0.2, 0.25) is 0 Å². The zero-order valence-electron chi connectivity index (χ0n) is 5.39. The number of rotatable bonds is 6. The van der Waals surface area contributed by atoms with Gasteiger partial charge >= 0.3 is 0 Å². The summed E-state index contributed by atoms with van der Waals surface area (Å²) in [7, 11) is -0.0465. The molecule has 10 heavy (non-hydrogen) atoms. The highest BCUT2D eigenvalue weighted by atomic mass is 35.5. The van der Waals surface area contributed by atoms with Crippen LogP contribution < -0.4 is 0 Å². The van der Waals surface area contributed by atoms with Gasteiger partial charge in [-0.25, -0.2) is 0 Å². The van der Waals surface area contributed by atoms with Crippen LogP contribution in [0.1, 0.15) is 0 Å². The van der Waals surface area contributed by atoms with Crippen LogP contribution in [-0.4, -0.2) is 29.5 Å². The standard InChI is InChI=1S/C4H9Cl2N2OP/c5-1-3-8(4-2-6)10-7-9/h10H,1-4H2. The van der Waals surface area contributed by atoms with Crippen LogP contribution in [0, 0.1) is 4.91 Å². The van der Waals surface area contributed by atoms with E-state index in [1.165, 1.54) is 0 Å². The van der Waals surface area contributed by atoms with Gasteiger partial charge in [0.15, 0.2) is 0 Å². The van der Waals surface area contributed by atoms with Crippen molar-refractivity contribution in [3.63, 3.8) is 0 Å². The van der Waals surface area contributed by atoms with Gasteiger partial charge in [0.2, 0.25) is 0 Å². The average molecular weight is 203 g/mol. The number of hydrogen-bond donors (Lipinski definition) is 0. The molecular weight excluding hydrogens is 194 g/mol. The molecule has 0 aromatic heterocycles. The molecule has 0 fully saturated rings. The van der Waals surface area contributed by atoms with Crippen molar-refractivity contribution in [2.45, 2.75) is 0 Å². The van der Waals surface area contributed by atoms with Crippen LogP contribution in [0.5, 0.6) is 0 Å². The molecule has 0 aromatic rings. The van der Waals surface area contributed by atoms with E-state index in [0.29, 0.717) is 24.8 Å². The summed E-state index contributed by atoms with van der Waals surface area (Å²) in [6.07, 6.45) is 0. The molecule has 0 saturated heterocycles. The topological polar surface area (TPSA) is 32.7 Å². The van der Waals surface area contributed by atoms with Crippen LogP contribution in [0.4, 0.5) is 0 Å². The highest BCUT2D eigenvalue weighted by molar-refractivity contribution is 7.33. The van der Waals surface area contributed by atoms with E-state index in [1.54, 1.807) is 0 Å². The van der Waals surface area contributed by atoms with E-state index in [-0.39, 0.29) is 8.88 Å². The van der Waals surface area contributed by atoms with Crippen molar-refractivity contribution in [1.29, 1.82) is 0 Å². The first-order chi connectivity index (χ1) is 4.85. The Balaban J connectivity index is 3.38. The first-order valence-electron chi connectivity index (χ1n) is 2.80. The second-order valence-electron chi connectivity index (χ2n) is 1.56. The lowest BCUT2D eigenvalue weighted by molar-refractivity contribution is 0.521. The molecule has 3 nitrogen and oxygen atoms in total. The zero-order chi connectivity index (χ0) is 7.82. The van der Waals surface area contributed by atoms with Gasteiger partial charge in [-0.3, -0.25) is 4.67 Å². The molecule has 0 aliphatic heterocycles. The van der Waals surface area contributed by atoms with Crippen LogP contribution in [0.3, 0.4) is 0 Å². The van der Waals surface area contributed by atoms with E-state index in [2.05, 4.69) is 4.95 Å².